The van der Waals surface area contributed by atoms with E-state index in [-0.39, 0.29) is 126 Å². The molecule has 0 atom stereocenters. The van der Waals surface area contributed by atoms with E-state index in [2.05, 4.69) is 13.2 Å². The zero-order valence-electron chi connectivity index (χ0n) is 4.12. The van der Waals surface area contributed by atoms with Crippen LogP contribution in [0, 0.1) is 0 Å². The molecule has 0 aromatic rings. The molecular weight excluding hydrogens is 127 g/mol. The van der Waals surface area contributed by atoms with Crippen molar-refractivity contribution in [3.63, 3.8) is 0 Å². The van der Waals surface area contributed by atoms with Gasteiger partial charge in [-0.25, -0.2) is 0 Å². The average Bonchev–Trinajstić information content (AvgIpc) is 1.00. The number of rotatable bonds is 0. The summed E-state index contributed by atoms with van der Waals surface area (Å²) >= 11 is 0. The first-order chi connectivity index (χ1) is 1.00. The molecule has 0 unspecified atom stereocenters. The van der Waals surface area contributed by atoms with Crippen molar-refractivity contribution in [2.24, 2.45) is 0 Å². The van der Waals surface area contributed by atoms with E-state index in [1.165, 1.54) is 0 Å². The topological polar surface area (TPSA) is 0 Å². The zero-order valence-corrected chi connectivity index (χ0v) is 11.8. The van der Waals surface area contributed by atoms with E-state index in [0.29, 0.717) is 0 Å². The van der Waals surface area contributed by atoms with Crippen molar-refractivity contribution in [2.75, 3.05) is 0 Å². The van der Waals surface area contributed by atoms with Crippen molar-refractivity contribution in [3.8, 4) is 0 Å². The Morgan fingerprint density at radius 1 is 0.800 bits per heavy atom. The largest absolute Gasteiger partial charge is 0.106 e. The average molecular weight is 131 g/mol. The molecule has 0 fully saturated rings. The molecule has 0 aromatic carbocycles. The van der Waals surface area contributed by atoms with Gasteiger partial charge in [0.1, 0.15) is 0 Å². The number of hydrogen-bond donors (Lipinski definition) is 0. The molecule has 16 valence electrons. The summed E-state index contributed by atoms with van der Waals surface area (Å²) in [7, 11) is 0. The molecule has 0 heterocycles. The normalized spacial score (nSPS) is 0.800. The van der Waals surface area contributed by atoms with Gasteiger partial charge in [-0.2, -0.15) is 0 Å². The zero-order chi connectivity index (χ0) is 2.00. The first-order valence-corrected chi connectivity index (χ1v) is 0.500. The molecule has 5 heavy (non-hydrogen) atoms. The summed E-state index contributed by atoms with van der Waals surface area (Å²) in [5.74, 6) is 0. The van der Waals surface area contributed by atoms with Crippen molar-refractivity contribution in [1.29, 1.82) is 0 Å². The van der Waals surface area contributed by atoms with Gasteiger partial charge < -0.3 is 0 Å². The van der Waals surface area contributed by atoms with Gasteiger partial charge in [-0.1, -0.05) is 0 Å². The Balaban J connectivity index is -0.00000000167. The van der Waals surface area contributed by atoms with Crippen LogP contribution in [-0.4, -0.2) is 126 Å². The summed E-state index contributed by atoms with van der Waals surface area (Å²) in [5.41, 5.74) is 0. The van der Waals surface area contributed by atoms with E-state index in [0.717, 1.165) is 0 Å². The van der Waals surface area contributed by atoms with E-state index >= 15 is 0 Å². The third-order valence-corrected chi connectivity index (χ3v) is 0. The molecule has 0 amide bonds. The second-order valence-electron chi connectivity index (χ2n) is 0. The minimum absolute atomic E-state index is 0. The maximum Gasteiger partial charge on any atom is 0 e. The maximum atomic E-state index is 3.00. The first-order valence-electron chi connectivity index (χ1n) is 0.500. The molecule has 3 heteroatoms. The van der Waals surface area contributed by atoms with Gasteiger partial charge in [-0.05, 0) is 0 Å². The van der Waals surface area contributed by atoms with Crippen LogP contribution in [-0.2, 0) is 0 Å². The molecule has 4 radical (unpaired) electrons. The Morgan fingerprint density at radius 3 is 0.800 bits per heavy atom. The Labute approximate surface area is 135 Å². The van der Waals surface area contributed by atoms with E-state index in [9.17, 15) is 0 Å². The molecule has 0 aliphatic rings. The fraction of sp³-hybridized carbons (Fsp3) is 0. The predicted molar refractivity (Wildman–Crippen MR) is 28.5 cm³/mol. The molecule has 0 saturated heterocycles. The molecule has 0 aromatic heterocycles. The number of hydrogen-bond acceptors (Lipinski definition) is 0. The molecule has 0 bridgehead atoms. The van der Waals surface area contributed by atoms with Crippen LogP contribution in [0.1, 0.15) is 0 Å². The fourth-order valence-electron chi connectivity index (χ4n) is 0. The van der Waals surface area contributed by atoms with Gasteiger partial charge in [0.05, 0.1) is 0 Å². The van der Waals surface area contributed by atoms with Gasteiger partial charge in [0.15, 0.2) is 0 Å². The van der Waals surface area contributed by atoms with Crippen LogP contribution in [0.5, 0.6) is 0 Å². The summed E-state index contributed by atoms with van der Waals surface area (Å²) in [6.45, 7) is 6.00. The van der Waals surface area contributed by atoms with E-state index < -0.39 is 0 Å². The summed E-state index contributed by atoms with van der Waals surface area (Å²) < 4.78 is 0. The minimum atomic E-state index is 0. The van der Waals surface area contributed by atoms with Crippen LogP contribution in [0.25, 0.3) is 0 Å². The second-order valence-corrected chi connectivity index (χ2v) is 0. The summed E-state index contributed by atoms with van der Waals surface area (Å²) in [6.07, 6.45) is 0. The van der Waals surface area contributed by atoms with Gasteiger partial charge in [0.25, 0.3) is 0 Å². The van der Waals surface area contributed by atoms with Crippen LogP contribution in [0.4, 0.5) is 0 Å². The van der Waals surface area contributed by atoms with Gasteiger partial charge in [0, 0.05) is 126 Å². The molecule has 0 aliphatic heterocycles. The van der Waals surface area contributed by atoms with Crippen molar-refractivity contribution >= 4 is 126 Å². The van der Waals surface area contributed by atoms with Crippen LogP contribution in [0.3, 0.4) is 0 Å². The third kappa shape index (κ3) is 18.2. The van der Waals surface area contributed by atoms with Gasteiger partial charge in [0.2, 0.25) is 0 Å². The Morgan fingerprint density at radius 2 is 0.800 bits per heavy atom. The van der Waals surface area contributed by atoms with Gasteiger partial charge in [-0.15, -0.1) is 13.2 Å². The predicted octanol–water partition coefficient (Wildman–Crippen LogP) is -0.340. The van der Waals surface area contributed by atoms with Gasteiger partial charge in [-0.3, -0.25) is 0 Å². The first kappa shape index (κ1) is 23.3. The quantitative estimate of drug-likeness (QED) is 0.311. The fourth-order valence-corrected chi connectivity index (χ4v) is 0. The molecule has 0 nitrogen and oxygen atoms in total. The second kappa shape index (κ2) is 25.0. The van der Waals surface area contributed by atoms with Crippen LogP contribution in [0.2, 0.25) is 0 Å². The van der Waals surface area contributed by atoms with Crippen molar-refractivity contribution in [2.45, 2.75) is 0 Å². The molecule has 0 rings (SSSR count). The van der Waals surface area contributed by atoms with Gasteiger partial charge >= 0.3 is 0 Å². The van der Waals surface area contributed by atoms with Crippen molar-refractivity contribution < 1.29 is 0 Å². The maximum absolute atomic E-state index is 3.00. The van der Waals surface area contributed by atoms with Crippen molar-refractivity contribution in [3.05, 3.63) is 13.2 Å². The molecule has 0 spiro atoms. The smallest absolute Gasteiger partial charge is 0 e. The summed E-state index contributed by atoms with van der Waals surface area (Å²) in [5, 5.41) is 0. The van der Waals surface area contributed by atoms with E-state index in [1.54, 1.807) is 0 Å². The van der Waals surface area contributed by atoms with Crippen LogP contribution in [0.15, 0.2) is 13.2 Å². The Hall–Kier alpha value is 3.78. The third-order valence-electron chi connectivity index (χ3n) is 0. The van der Waals surface area contributed by atoms with Crippen LogP contribution < -0.4 is 0 Å². The monoisotopic (exact) mass is 130 g/mol. The Bertz CT molecular complexity index is 7.61. The molecule has 0 N–H and O–H groups in total. The molecular formula is C2H4K2Mg. The SMILES string of the molecule is C=C.[K].[K].[Mg]. The van der Waals surface area contributed by atoms with Crippen molar-refractivity contribution in [1.82, 2.24) is 0 Å². The van der Waals surface area contributed by atoms with E-state index in [4.69, 9.17) is 0 Å². The summed E-state index contributed by atoms with van der Waals surface area (Å²) in [4.78, 5) is 0. The van der Waals surface area contributed by atoms with E-state index in [1.807, 2.05) is 0 Å². The standard InChI is InChI=1S/C2H4.2K.Mg/c1-2;;;/h1-2H2;;;. The Kier molecular flexibility index (Phi) is 116. The van der Waals surface area contributed by atoms with Crippen LogP contribution >= 0.6 is 0 Å². The summed E-state index contributed by atoms with van der Waals surface area (Å²) in [6, 6.07) is 0. The molecule has 0 saturated carbocycles. The minimum Gasteiger partial charge on any atom is -0.106 e. The molecule has 0 aliphatic carbocycles.